The van der Waals surface area contributed by atoms with E-state index in [1.807, 2.05) is 12.1 Å². The van der Waals surface area contributed by atoms with Crippen molar-refractivity contribution in [3.05, 3.63) is 35.4 Å². The molecule has 0 heterocycles. The molecule has 2 rings (SSSR count). The highest BCUT2D eigenvalue weighted by Crippen LogP contribution is 2.24. The Labute approximate surface area is 139 Å². The van der Waals surface area contributed by atoms with Gasteiger partial charge in [0.1, 0.15) is 0 Å². The monoisotopic (exact) mass is 318 g/mol. The van der Waals surface area contributed by atoms with Crippen LogP contribution in [0.25, 0.3) is 0 Å². The summed E-state index contributed by atoms with van der Waals surface area (Å²) in [5.41, 5.74) is 2.40. The van der Waals surface area contributed by atoms with Crippen LogP contribution in [0.3, 0.4) is 0 Å². The summed E-state index contributed by atoms with van der Waals surface area (Å²) >= 11 is 0. The Morgan fingerprint density at radius 3 is 2.48 bits per heavy atom. The summed E-state index contributed by atoms with van der Waals surface area (Å²) in [7, 11) is 0. The van der Waals surface area contributed by atoms with Crippen molar-refractivity contribution in [3.63, 3.8) is 0 Å². The molecule has 0 saturated heterocycles. The van der Waals surface area contributed by atoms with E-state index in [9.17, 15) is 9.90 Å². The second-order valence-electron chi connectivity index (χ2n) is 7.16. The number of benzene rings is 1. The fraction of sp³-hybridized carbons (Fsp3) is 0.632. The van der Waals surface area contributed by atoms with Gasteiger partial charge in [0, 0.05) is 6.04 Å². The van der Waals surface area contributed by atoms with Gasteiger partial charge in [0.25, 0.3) is 0 Å². The van der Waals surface area contributed by atoms with E-state index in [-0.39, 0.29) is 24.2 Å². The lowest BCUT2D eigenvalue weighted by molar-refractivity contribution is 0.117. The van der Waals surface area contributed by atoms with Gasteiger partial charge in [-0.05, 0) is 56.1 Å². The lowest BCUT2D eigenvalue weighted by Crippen LogP contribution is -2.45. The molecule has 0 spiro atoms. The van der Waals surface area contributed by atoms with E-state index in [1.165, 1.54) is 11.1 Å². The number of aryl methyl sites for hydroxylation is 1. The summed E-state index contributed by atoms with van der Waals surface area (Å²) in [6, 6.07) is 8.35. The quantitative estimate of drug-likeness (QED) is 0.775. The summed E-state index contributed by atoms with van der Waals surface area (Å²) in [6.07, 6.45) is 3.98. The van der Waals surface area contributed by atoms with Crippen LogP contribution >= 0.6 is 0 Å². The van der Waals surface area contributed by atoms with Gasteiger partial charge in [-0.3, -0.25) is 0 Å². The molecule has 0 aliphatic heterocycles. The highest BCUT2D eigenvalue weighted by atomic mass is 16.3. The van der Waals surface area contributed by atoms with Crippen molar-refractivity contribution in [3.8, 4) is 0 Å². The number of hydrogen-bond acceptors (Lipinski definition) is 2. The van der Waals surface area contributed by atoms with Gasteiger partial charge in [0.05, 0.1) is 12.1 Å². The van der Waals surface area contributed by atoms with Crippen LogP contribution in [0.15, 0.2) is 24.3 Å². The van der Waals surface area contributed by atoms with Gasteiger partial charge in [0.2, 0.25) is 0 Å². The van der Waals surface area contributed by atoms with Gasteiger partial charge in [-0.1, -0.05) is 38.1 Å². The number of nitrogens with one attached hydrogen (secondary N) is 2. The predicted octanol–water partition coefficient (Wildman–Crippen LogP) is 3.68. The Balaban J connectivity index is 1.97. The van der Waals surface area contributed by atoms with Crippen molar-refractivity contribution in [1.29, 1.82) is 0 Å². The lowest BCUT2D eigenvalue weighted by Gasteiger charge is -2.28. The summed E-state index contributed by atoms with van der Waals surface area (Å²) in [5.74, 6) is 0.504. The van der Waals surface area contributed by atoms with Gasteiger partial charge in [-0.25, -0.2) is 4.79 Å². The van der Waals surface area contributed by atoms with E-state index >= 15 is 0 Å². The van der Waals surface area contributed by atoms with Crippen LogP contribution in [-0.2, 0) is 0 Å². The zero-order valence-electron chi connectivity index (χ0n) is 14.5. The average molecular weight is 318 g/mol. The molecule has 0 radical (unpaired) electrons. The molecule has 1 unspecified atom stereocenters. The van der Waals surface area contributed by atoms with Gasteiger partial charge in [-0.2, -0.15) is 0 Å². The first kappa shape index (κ1) is 17.8. The average Bonchev–Trinajstić information content (AvgIpc) is 2.49. The number of carbonyl (C=O) groups is 1. The molecule has 1 aromatic carbocycles. The second kappa shape index (κ2) is 8.34. The maximum Gasteiger partial charge on any atom is 0.315 e. The number of urea groups is 1. The summed E-state index contributed by atoms with van der Waals surface area (Å²) in [6.45, 7) is 6.44. The minimum Gasteiger partial charge on any atom is -0.393 e. The lowest BCUT2D eigenvalue weighted by atomic mass is 9.93. The van der Waals surface area contributed by atoms with E-state index in [0.29, 0.717) is 5.92 Å². The number of aliphatic hydroxyl groups excluding tert-OH is 1. The minimum atomic E-state index is -0.197. The third-order valence-corrected chi connectivity index (χ3v) is 4.61. The van der Waals surface area contributed by atoms with Gasteiger partial charge < -0.3 is 15.7 Å². The molecule has 0 bridgehead atoms. The van der Waals surface area contributed by atoms with Crippen molar-refractivity contribution < 1.29 is 9.90 Å². The topological polar surface area (TPSA) is 61.4 Å². The number of carbonyl (C=O) groups excluding carboxylic acids is 1. The summed E-state index contributed by atoms with van der Waals surface area (Å²) in [5, 5.41) is 15.8. The standard InChI is InChI=1S/C19H30N2O2/c1-13(2)12-18(17-7-5-4-6-14(17)3)21-19(23)20-15-8-10-16(22)11-9-15/h4-7,13,15-16,18,22H,8-12H2,1-3H3,(H2,20,21,23). The molecule has 128 valence electrons. The van der Waals surface area contributed by atoms with Crippen molar-refractivity contribution in [2.45, 2.75) is 71.1 Å². The Kier molecular flexibility index (Phi) is 6.46. The molecule has 4 heteroatoms. The maximum atomic E-state index is 12.4. The normalized spacial score (nSPS) is 22.7. The molecule has 1 aliphatic carbocycles. The molecule has 1 aromatic rings. The van der Waals surface area contributed by atoms with E-state index in [4.69, 9.17) is 0 Å². The highest BCUT2D eigenvalue weighted by molar-refractivity contribution is 5.74. The molecular formula is C19H30N2O2. The summed E-state index contributed by atoms with van der Waals surface area (Å²) < 4.78 is 0. The molecule has 4 nitrogen and oxygen atoms in total. The van der Waals surface area contributed by atoms with E-state index in [1.54, 1.807) is 0 Å². The van der Waals surface area contributed by atoms with Crippen LogP contribution in [0.2, 0.25) is 0 Å². The van der Waals surface area contributed by atoms with Crippen LogP contribution in [-0.4, -0.2) is 23.3 Å². The first-order chi connectivity index (χ1) is 11.0. The van der Waals surface area contributed by atoms with Crippen LogP contribution in [0, 0.1) is 12.8 Å². The Bertz CT molecular complexity index is 508. The van der Waals surface area contributed by atoms with E-state index in [2.05, 4.69) is 43.5 Å². The minimum absolute atomic E-state index is 0.0328. The zero-order valence-corrected chi connectivity index (χ0v) is 14.5. The highest BCUT2D eigenvalue weighted by Gasteiger charge is 2.23. The van der Waals surface area contributed by atoms with Crippen molar-refractivity contribution in [2.75, 3.05) is 0 Å². The third-order valence-electron chi connectivity index (χ3n) is 4.61. The Hall–Kier alpha value is -1.55. The first-order valence-electron chi connectivity index (χ1n) is 8.76. The molecule has 3 N–H and O–H groups in total. The molecule has 1 atom stereocenters. The van der Waals surface area contributed by atoms with Gasteiger partial charge in [-0.15, -0.1) is 0 Å². The zero-order chi connectivity index (χ0) is 16.8. The molecule has 0 aromatic heterocycles. The molecule has 1 fully saturated rings. The van der Waals surface area contributed by atoms with Gasteiger partial charge >= 0.3 is 6.03 Å². The second-order valence-corrected chi connectivity index (χ2v) is 7.16. The Morgan fingerprint density at radius 2 is 1.87 bits per heavy atom. The maximum absolute atomic E-state index is 12.4. The molecule has 23 heavy (non-hydrogen) atoms. The van der Waals surface area contributed by atoms with E-state index < -0.39 is 0 Å². The molecular weight excluding hydrogens is 288 g/mol. The number of hydrogen-bond donors (Lipinski definition) is 3. The largest absolute Gasteiger partial charge is 0.393 e. The van der Waals surface area contributed by atoms with Crippen LogP contribution in [0.5, 0.6) is 0 Å². The molecule has 2 amide bonds. The Morgan fingerprint density at radius 1 is 1.22 bits per heavy atom. The van der Waals surface area contributed by atoms with Crippen molar-refractivity contribution in [1.82, 2.24) is 10.6 Å². The van der Waals surface area contributed by atoms with E-state index in [0.717, 1.165) is 32.1 Å². The number of amides is 2. The number of rotatable bonds is 5. The fourth-order valence-electron chi connectivity index (χ4n) is 3.32. The smallest absolute Gasteiger partial charge is 0.315 e. The first-order valence-corrected chi connectivity index (χ1v) is 8.76. The van der Waals surface area contributed by atoms with Crippen molar-refractivity contribution in [2.24, 2.45) is 5.92 Å². The third kappa shape index (κ3) is 5.54. The summed E-state index contributed by atoms with van der Waals surface area (Å²) in [4.78, 5) is 12.4. The van der Waals surface area contributed by atoms with Gasteiger partial charge in [0.15, 0.2) is 0 Å². The molecule has 1 saturated carbocycles. The predicted molar refractivity (Wildman–Crippen MR) is 93.3 cm³/mol. The molecule has 1 aliphatic rings. The fourth-order valence-corrected chi connectivity index (χ4v) is 3.32. The van der Waals surface area contributed by atoms with Crippen LogP contribution in [0.1, 0.15) is 63.1 Å². The van der Waals surface area contributed by atoms with Crippen molar-refractivity contribution >= 4 is 6.03 Å². The van der Waals surface area contributed by atoms with Crippen LogP contribution < -0.4 is 10.6 Å². The van der Waals surface area contributed by atoms with Crippen LogP contribution in [0.4, 0.5) is 4.79 Å². The SMILES string of the molecule is Cc1ccccc1C(CC(C)C)NC(=O)NC1CCC(O)CC1. The number of aliphatic hydroxyl groups is 1.